The molecule has 0 aliphatic rings. The van der Waals surface area contributed by atoms with E-state index in [1.165, 1.54) is 23.1 Å². The molecule has 180 valence electrons. The van der Waals surface area contributed by atoms with Crippen LogP contribution in [0.15, 0.2) is 54.6 Å². The lowest BCUT2D eigenvalue weighted by atomic mass is 10.1. The zero-order valence-corrected chi connectivity index (χ0v) is 20.5. The zero-order valence-electron chi connectivity index (χ0n) is 19.7. The molecule has 0 radical (unpaired) electrons. The van der Waals surface area contributed by atoms with Crippen molar-refractivity contribution in [2.75, 3.05) is 23.7 Å². The van der Waals surface area contributed by atoms with Gasteiger partial charge in [-0.05, 0) is 51.8 Å². The first-order chi connectivity index (χ1) is 15.3. The quantitative estimate of drug-likeness (QED) is 0.602. The fraction of sp³-hybridized carbons (Fsp3) is 0.417. The van der Waals surface area contributed by atoms with Crippen molar-refractivity contribution >= 4 is 27.5 Å². The SMILES string of the molecule is CC(C(=O)NC(C)(C)C)N(CCc1ccccc1)C(=O)CN(c1ccccc1F)S(C)(=O)=O. The lowest BCUT2D eigenvalue weighted by Gasteiger charge is -2.33. The summed E-state index contributed by atoms with van der Waals surface area (Å²) in [5.41, 5.74) is 0.238. The second-order valence-electron chi connectivity index (χ2n) is 8.96. The van der Waals surface area contributed by atoms with Crippen LogP contribution in [0.3, 0.4) is 0 Å². The highest BCUT2D eigenvalue weighted by molar-refractivity contribution is 7.92. The van der Waals surface area contributed by atoms with Gasteiger partial charge < -0.3 is 10.2 Å². The average Bonchev–Trinajstić information content (AvgIpc) is 2.71. The van der Waals surface area contributed by atoms with Crippen molar-refractivity contribution in [3.63, 3.8) is 0 Å². The minimum Gasteiger partial charge on any atom is -0.350 e. The van der Waals surface area contributed by atoms with Gasteiger partial charge in [0, 0.05) is 12.1 Å². The maximum Gasteiger partial charge on any atom is 0.244 e. The molecule has 0 spiro atoms. The molecule has 0 fully saturated rings. The third-order valence-corrected chi connectivity index (χ3v) is 6.08. The number of nitrogens with zero attached hydrogens (tertiary/aromatic N) is 2. The van der Waals surface area contributed by atoms with Crippen molar-refractivity contribution in [3.05, 3.63) is 66.0 Å². The van der Waals surface area contributed by atoms with Crippen LogP contribution in [-0.2, 0) is 26.0 Å². The molecule has 0 aliphatic heterocycles. The van der Waals surface area contributed by atoms with E-state index in [0.717, 1.165) is 22.2 Å². The number of anilines is 1. The molecule has 0 bridgehead atoms. The number of carbonyl (C=O) groups excluding carboxylic acids is 2. The minimum absolute atomic E-state index is 0.191. The predicted molar refractivity (Wildman–Crippen MR) is 128 cm³/mol. The Morgan fingerprint density at radius 3 is 2.15 bits per heavy atom. The Balaban J connectivity index is 2.33. The number of para-hydroxylation sites is 1. The Kier molecular flexibility index (Phi) is 8.60. The van der Waals surface area contributed by atoms with Crippen LogP contribution in [0.5, 0.6) is 0 Å². The van der Waals surface area contributed by atoms with E-state index in [9.17, 15) is 22.4 Å². The molecular formula is C24H32FN3O4S. The van der Waals surface area contributed by atoms with Gasteiger partial charge in [-0.1, -0.05) is 42.5 Å². The van der Waals surface area contributed by atoms with Gasteiger partial charge in [0.25, 0.3) is 0 Å². The molecule has 0 aromatic heterocycles. The molecule has 2 aromatic carbocycles. The topological polar surface area (TPSA) is 86.8 Å². The Labute approximate surface area is 195 Å². The number of hydrogen-bond acceptors (Lipinski definition) is 4. The number of nitrogens with one attached hydrogen (secondary N) is 1. The number of rotatable bonds is 9. The van der Waals surface area contributed by atoms with E-state index >= 15 is 0 Å². The summed E-state index contributed by atoms with van der Waals surface area (Å²) in [7, 11) is -3.97. The summed E-state index contributed by atoms with van der Waals surface area (Å²) in [4.78, 5) is 27.5. The first-order valence-electron chi connectivity index (χ1n) is 10.7. The zero-order chi connectivity index (χ0) is 24.8. The van der Waals surface area contributed by atoms with Crippen molar-refractivity contribution in [2.24, 2.45) is 0 Å². The summed E-state index contributed by atoms with van der Waals surface area (Å²) in [6.45, 7) is 6.65. The molecule has 33 heavy (non-hydrogen) atoms. The van der Waals surface area contributed by atoms with Crippen LogP contribution in [0.4, 0.5) is 10.1 Å². The Hall–Kier alpha value is -2.94. The van der Waals surface area contributed by atoms with E-state index in [-0.39, 0.29) is 18.1 Å². The second kappa shape index (κ2) is 10.8. The molecule has 9 heteroatoms. The third kappa shape index (κ3) is 7.85. The Morgan fingerprint density at radius 1 is 1.03 bits per heavy atom. The van der Waals surface area contributed by atoms with Gasteiger partial charge in [-0.3, -0.25) is 13.9 Å². The highest BCUT2D eigenvalue weighted by atomic mass is 32.2. The average molecular weight is 478 g/mol. The predicted octanol–water partition coefficient (Wildman–Crippen LogP) is 2.97. The number of sulfonamides is 1. The molecule has 1 unspecified atom stereocenters. The van der Waals surface area contributed by atoms with Crippen LogP contribution in [-0.4, -0.2) is 56.1 Å². The van der Waals surface area contributed by atoms with Crippen LogP contribution in [0.2, 0.25) is 0 Å². The third-order valence-electron chi connectivity index (χ3n) is 4.95. The Morgan fingerprint density at radius 2 is 1.61 bits per heavy atom. The molecule has 2 rings (SSSR count). The molecule has 0 aliphatic carbocycles. The summed E-state index contributed by atoms with van der Waals surface area (Å²) >= 11 is 0. The molecule has 0 heterocycles. The molecule has 2 aromatic rings. The van der Waals surface area contributed by atoms with E-state index in [1.807, 2.05) is 51.1 Å². The smallest absolute Gasteiger partial charge is 0.244 e. The summed E-state index contributed by atoms with van der Waals surface area (Å²) in [6, 6.07) is 13.9. The summed E-state index contributed by atoms with van der Waals surface area (Å²) in [6.07, 6.45) is 1.38. The standard InChI is InChI=1S/C24H32FN3O4S/c1-18(23(30)26-24(2,3)4)27(16-15-19-11-7-6-8-12-19)22(29)17-28(33(5,31)32)21-14-10-9-13-20(21)25/h6-14,18H,15-17H2,1-5H3,(H,26,30). The fourth-order valence-electron chi connectivity index (χ4n) is 3.29. The van der Waals surface area contributed by atoms with Crippen molar-refractivity contribution in [2.45, 2.75) is 45.7 Å². The van der Waals surface area contributed by atoms with Crippen molar-refractivity contribution in [3.8, 4) is 0 Å². The van der Waals surface area contributed by atoms with Gasteiger partial charge in [-0.25, -0.2) is 12.8 Å². The number of carbonyl (C=O) groups is 2. The monoisotopic (exact) mass is 477 g/mol. The van der Waals surface area contributed by atoms with Crippen LogP contribution >= 0.6 is 0 Å². The number of halogens is 1. The van der Waals surface area contributed by atoms with Gasteiger partial charge in [-0.2, -0.15) is 0 Å². The highest BCUT2D eigenvalue weighted by Crippen LogP contribution is 2.22. The van der Waals surface area contributed by atoms with Gasteiger partial charge in [-0.15, -0.1) is 0 Å². The fourth-order valence-corrected chi connectivity index (χ4v) is 4.14. The maximum absolute atomic E-state index is 14.4. The lowest BCUT2D eigenvalue weighted by Crippen LogP contribution is -2.55. The lowest BCUT2D eigenvalue weighted by molar-refractivity contribution is -0.139. The van der Waals surface area contributed by atoms with Crippen LogP contribution < -0.4 is 9.62 Å². The molecule has 7 nitrogen and oxygen atoms in total. The van der Waals surface area contributed by atoms with E-state index in [2.05, 4.69) is 5.32 Å². The van der Waals surface area contributed by atoms with E-state index in [4.69, 9.17) is 0 Å². The van der Waals surface area contributed by atoms with E-state index in [1.54, 1.807) is 6.92 Å². The van der Waals surface area contributed by atoms with Gasteiger partial charge >= 0.3 is 0 Å². The van der Waals surface area contributed by atoms with Gasteiger partial charge in [0.2, 0.25) is 21.8 Å². The molecular weight excluding hydrogens is 445 g/mol. The first-order valence-corrected chi connectivity index (χ1v) is 12.5. The van der Waals surface area contributed by atoms with Gasteiger partial charge in [0.15, 0.2) is 0 Å². The molecule has 1 atom stereocenters. The summed E-state index contributed by atoms with van der Waals surface area (Å²) in [5.74, 6) is -1.72. The highest BCUT2D eigenvalue weighted by Gasteiger charge is 2.31. The van der Waals surface area contributed by atoms with Gasteiger partial charge in [0.1, 0.15) is 18.4 Å². The minimum atomic E-state index is -3.97. The van der Waals surface area contributed by atoms with Crippen LogP contribution in [0.1, 0.15) is 33.3 Å². The van der Waals surface area contributed by atoms with Crippen LogP contribution in [0, 0.1) is 5.82 Å². The van der Waals surface area contributed by atoms with Crippen LogP contribution in [0.25, 0.3) is 0 Å². The number of amides is 2. The summed E-state index contributed by atoms with van der Waals surface area (Å²) in [5, 5.41) is 2.85. The van der Waals surface area contributed by atoms with Crippen molar-refractivity contribution in [1.82, 2.24) is 10.2 Å². The molecule has 0 saturated heterocycles. The summed E-state index contributed by atoms with van der Waals surface area (Å²) < 4.78 is 39.9. The second-order valence-corrected chi connectivity index (χ2v) is 10.9. The first kappa shape index (κ1) is 26.3. The van der Waals surface area contributed by atoms with E-state index < -0.39 is 39.9 Å². The van der Waals surface area contributed by atoms with Gasteiger partial charge in [0.05, 0.1) is 11.9 Å². The molecule has 0 saturated carbocycles. The number of hydrogen-bond donors (Lipinski definition) is 1. The molecule has 2 amide bonds. The van der Waals surface area contributed by atoms with Crippen molar-refractivity contribution in [1.29, 1.82) is 0 Å². The number of benzene rings is 2. The van der Waals surface area contributed by atoms with E-state index in [0.29, 0.717) is 6.42 Å². The normalized spacial score (nSPS) is 12.7. The molecule has 1 N–H and O–H groups in total. The Bertz CT molecular complexity index is 1070. The largest absolute Gasteiger partial charge is 0.350 e. The maximum atomic E-state index is 14.4. The van der Waals surface area contributed by atoms with Crippen molar-refractivity contribution < 1.29 is 22.4 Å².